The molecule has 1 aliphatic rings. The van der Waals surface area contributed by atoms with Crippen molar-refractivity contribution < 1.29 is 35.6 Å². The third kappa shape index (κ3) is 6.11. The summed E-state index contributed by atoms with van der Waals surface area (Å²) < 4.78 is 82.1. The number of ketones is 1. The summed E-state index contributed by atoms with van der Waals surface area (Å²) in [5.41, 5.74) is -0.259. The van der Waals surface area contributed by atoms with E-state index >= 15 is 0 Å². The van der Waals surface area contributed by atoms with Gasteiger partial charge in [0.25, 0.3) is 5.91 Å². The molecule has 1 saturated heterocycles. The Hall–Kier alpha value is -2.99. The molecule has 12 heteroatoms. The Morgan fingerprint density at radius 2 is 1.74 bits per heavy atom. The molecule has 0 aliphatic carbocycles. The number of hydrogen-bond donors (Lipinski definition) is 1. The topological polar surface area (TPSA) is 86.8 Å². The molecule has 1 amide bonds. The average molecular weight is 502 g/mol. The van der Waals surface area contributed by atoms with Gasteiger partial charge in [-0.3, -0.25) is 13.9 Å². The number of benzene rings is 2. The highest BCUT2D eigenvalue weighted by Gasteiger charge is 2.32. The fourth-order valence-corrected chi connectivity index (χ4v) is 5.20. The summed E-state index contributed by atoms with van der Waals surface area (Å²) in [4.78, 5) is 23.0. The Balaban J connectivity index is 1.86. The van der Waals surface area contributed by atoms with Crippen LogP contribution in [0.15, 0.2) is 42.5 Å². The molecule has 1 N–H and O–H groups in total. The number of hydrogen-bond acceptors (Lipinski definition) is 4. The molecule has 0 saturated carbocycles. The van der Waals surface area contributed by atoms with Crippen LogP contribution in [0, 0.1) is 11.6 Å². The van der Waals surface area contributed by atoms with Gasteiger partial charge in [0.05, 0.1) is 18.8 Å². The van der Waals surface area contributed by atoms with Crippen molar-refractivity contribution in [1.82, 2.24) is 9.62 Å². The van der Waals surface area contributed by atoms with Crippen molar-refractivity contribution in [2.45, 2.75) is 32.2 Å². The monoisotopic (exact) mass is 501 g/mol. The summed E-state index contributed by atoms with van der Waals surface area (Å²) >= 11 is 0. The van der Waals surface area contributed by atoms with Gasteiger partial charge in [-0.25, -0.2) is 8.78 Å². The number of halogens is 4. The zero-order chi connectivity index (χ0) is 24.9. The number of amides is 1. The van der Waals surface area contributed by atoms with E-state index in [1.165, 1.54) is 28.6 Å². The van der Waals surface area contributed by atoms with Gasteiger partial charge in [0, 0.05) is 24.2 Å². The molecular weight excluding hydrogens is 478 g/mol. The standard InChI is InChI=1S/C22H23F4N3O4S/c23-17-5-4-6-18(12-17)29(34(32,33)28-9-2-1-3-10-28)14-16-8-7-15(11-19(16)24)20(30)13-27-22(31)21(25)26/h4-8,11-12,21H,1-3,9-10,13-14H2,(H,27,31). The average Bonchev–Trinajstić information content (AvgIpc) is 2.81. The minimum absolute atomic E-state index is 0.0137. The van der Waals surface area contributed by atoms with Crippen molar-refractivity contribution in [1.29, 1.82) is 0 Å². The molecular formula is C22H23F4N3O4S. The number of anilines is 1. The quantitative estimate of drug-likeness (QED) is 0.422. The molecule has 184 valence electrons. The molecule has 1 heterocycles. The van der Waals surface area contributed by atoms with Crippen molar-refractivity contribution in [2.24, 2.45) is 0 Å². The Bertz CT molecular complexity index is 1150. The Kier molecular flexibility index (Phi) is 8.26. The van der Waals surface area contributed by atoms with Crippen LogP contribution >= 0.6 is 0 Å². The van der Waals surface area contributed by atoms with E-state index in [-0.39, 0.29) is 29.9 Å². The number of alkyl halides is 2. The van der Waals surface area contributed by atoms with Crippen molar-refractivity contribution in [3.8, 4) is 0 Å². The maximum atomic E-state index is 14.9. The van der Waals surface area contributed by atoms with Crippen LogP contribution in [0.2, 0.25) is 0 Å². The normalized spacial score (nSPS) is 14.7. The van der Waals surface area contributed by atoms with Crippen LogP contribution in [0.1, 0.15) is 35.2 Å². The summed E-state index contributed by atoms with van der Waals surface area (Å²) in [7, 11) is -4.11. The molecule has 1 fully saturated rings. The molecule has 0 atom stereocenters. The highest BCUT2D eigenvalue weighted by atomic mass is 32.2. The van der Waals surface area contributed by atoms with Gasteiger partial charge >= 0.3 is 16.6 Å². The van der Waals surface area contributed by atoms with Crippen molar-refractivity contribution in [3.63, 3.8) is 0 Å². The molecule has 3 rings (SSSR count). The molecule has 7 nitrogen and oxygen atoms in total. The first kappa shape index (κ1) is 25.6. The molecule has 1 aliphatic heterocycles. The summed E-state index contributed by atoms with van der Waals surface area (Å²) in [5, 5.41) is 1.74. The number of rotatable bonds is 9. The smallest absolute Gasteiger partial charge is 0.315 e. The first-order chi connectivity index (χ1) is 16.1. The van der Waals surface area contributed by atoms with Crippen LogP contribution in [-0.4, -0.2) is 50.5 Å². The second-order valence-corrected chi connectivity index (χ2v) is 9.55. The fourth-order valence-electron chi connectivity index (χ4n) is 3.52. The van der Waals surface area contributed by atoms with Crippen LogP contribution in [-0.2, 0) is 21.5 Å². The lowest BCUT2D eigenvalue weighted by Gasteiger charge is -2.33. The van der Waals surface area contributed by atoms with Gasteiger partial charge in [-0.15, -0.1) is 0 Å². The minimum atomic E-state index is -4.11. The van der Waals surface area contributed by atoms with Crippen molar-refractivity contribution in [3.05, 3.63) is 65.2 Å². The Morgan fingerprint density at radius 3 is 2.35 bits per heavy atom. The van der Waals surface area contributed by atoms with Gasteiger partial charge in [0.1, 0.15) is 11.6 Å². The summed E-state index contributed by atoms with van der Waals surface area (Å²) in [6.07, 6.45) is -1.07. The molecule has 0 aromatic heterocycles. The van der Waals surface area contributed by atoms with E-state index in [9.17, 15) is 35.6 Å². The first-order valence-electron chi connectivity index (χ1n) is 10.5. The van der Waals surface area contributed by atoms with Crippen molar-refractivity contribution >= 4 is 27.6 Å². The van der Waals surface area contributed by atoms with Crippen molar-refractivity contribution in [2.75, 3.05) is 23.9 Å². The van der Waals surface area contributed by atoms with Crippen LogP contribution in [0.3, 0.4) is 0 Å². The highest BCUT2D eigenvalue weighted by Crippen LogP contribution is 2.27. The number of nitrogens with one attached hydrogen (secondary N) is 1. The van der Waals surface area contributed by atoms with Crippen LogP contribution in [0.25, 0.3) is 0 Å². The fraction of sp³-hybridized carbons (Fsp3) is 0.364. The molecule has 0 spiro atoms. The lowest BCUT2D eigenvalue weighted by Crippen LogP contribution is -2.46. The van der Waals surface area contributed by atoms with E-state index < -0.39 is 53.0 Å². The zero-order valence-corrected chi connectivity index (χ0v) is 18.8. The Labute approximate surface area is 194 Å². The minimum Gasteiger partial charge on any atom is -0.344 e. The third-order valence-electron chi connectivity index (χ3n) is 5.33. The first-order valence-corrected chi connectivity index (χ1v) is 11.9. The molecule has 0 bridgehead atoms. The summed E-state index contributed by atoms with van der Waals surface area (Å²) in [6, 6.07) is 8.15. The number of carbonyl (C=O) groups is 2. The van der Waals surface area contributed by atoms with Gasteiger partial charge in [0.15, 0.2) is 5.78 Å². The highest BCUT2D eigenvalue weighted by molar-refractivity contribution is 7.90. The molecule has 2 aromatic carbocycles. The van der Waals surface area contributed by atoms with E-state index in [1.807, 2.05) is 0 Å². The van der Waals surface area contributed by atoms with Crippen LogP contribution in [0.4, 0.5) is 23.2 Å². The molecule has 34 heavy (non-hydrogen) atoms. The number of carbonyl (C=O) groups excluding carboxylic acids is 2. The zero-order valence-electron chi connectivity index (χ0n) is 18.0. The largest absolute Gasteiger partial charge is 0.344 e. The second kappa shape index (κ2) is 11.0. The summed E-state index contributed by atoms with van der Waals surface area (Å²) in [5.74, 6) is -4.01. The number of Topliss-reactive ketones (excluding diaryl/α,β-unsaturated/α-hetero) is 1. The molecule has 0 unspecified atom stereocenters. The van der Waals surface area contributed by atoms with Gasteiger partial charge in [-0.1, -0.05) is 24.6 Å². The predicted molar refractivity (Wildman–Crippen MR) is 117 cm³/mol. The van der Waals surface area contributed by atoms with Gasteiger partial charge in [-0.05, 0) is 37.1 Å². The SMILES string of the molecule is O=C(CNC(=O)C(F)F)c1ccc(CN(c2cccc(F)c2)S(=O)(=O)N2CCCCC2)c(F)c1. The molecule has 0 radical (unpaired) electrons. The van der Waals surface area contributed by atoms with Gasteiger partial charge in [-0.2, -0.15) is 21.5 Å². The van der Waals surface area contributed by atoms with E-state index in [0.717, 1.165) is 28.9 Å². The van der Waals surface area contributed by atoms with Crippen LogP contribution < -0.4 is 9.62 Å². The maximum Gasteiger partial charge on any atom is 0.315 e. The van der Waals surface area contributed by atoms with E-state index in [4.69, 9.17) is 0 Å². The Morgan fingerprint density at radius 1 is 1.03 bits per heavy atom. The molecule has 2 aromatic rings. The van der Waals surface area contributed by atoms with Gasteiger partial charge in [0.2, 0.25) is 0 Å². The number of nitrogens with zero attached hydrogens (tertiary/aromatic N) is 2. The third-order valence-corrected chi connectivity index (χ3v) is 7.24. The van der Waals surface area contributed by atoms with Gasteiger partial charge < -0.3 is 5.32 Å². The number of piperidine rings is 1. The lowest BCUT2D eigenvalue weighted by atomic mass is 10.1. The summed E-state index contributed by atoms with van der Waals surface area (Å²) in [6.45, 7) is -0.645. The predicted octanol–water partition coefficient (Wildman–Crippen LogP) is 3.27. The second-order valence-electron chi connectivity index (χ2n) is 7.70. The van der Waals surface area contributed by atoms with E-state index in [0.29, 0.717) is 12.8 Å². The van der Waals surface area contributed by atoms with Crippen LogP contribution in [0.5, 0.6) is 0 Å². The van der Waals surface area contributed by atoms with E-state index in [1.54, 1.807) is 5.32 Å². The lowest BCUT2D eigenvalue weighted by molar-refractivity contribution is -0.131. The van der Waals surface area contributed by atoms with E-state index in [2.05, 4.69) is 0 Å². The maximum absolute atomic E-state index is 14.9.